The Labute approximate surface area is 121 Å². The summed E-state index contributed by atoms with van der Waals surface area (Å²) in [7, 11) is 0. The quantitative estimate of drug-likeness (QED) is 0.785. The van der Waals surface area contributed by atoms with Gasteiger partial charge in [0.25, 0.3) is 5.91 Å². The second-order valence-electron chi connectivity index (χ2n) is 4.60. The lowest BCUT2D eigenvalue weighted by Gasteiger charge is -2.15. The second kappa shape index (κ2) is 6.97. The Morgan fingerprint density at radius 2 is 1.67 bits per heavy atom. The molecular formula is C16H16FNO3. The second-order valence-corrected chi connectivity index (χ2v) is 4.60. The summed E-state index contributed by atoms with van der Waals surface area (Å²) >= 11 is 0. The molecular weight excluding hydrogens is 273 g/mol. The third-order valence-corrected chi connectivity index (χ3v) is 3.10. The molecule has 21 heavy (non-hydrogen) atoms. The van der Waals surface area contributed by atoms with Gasteiger partial charge >= 0.3 is 0 Å². The number of halogens is 1. The molecule has 5 heteroatoms. The zero-order valence-electron chi connectivity index (χ0n) is 11.2. The maximum Gasteiger partial charge on any atom is 0.253 e. The standard InChI is InChI=1S/C16H16FNO3/c17-13-9-5-4-8-12(13)14(19)10-18-16(21)15(20)11-6-2-1-3-7-11/h1-9,14-15,19-20H,10H2,(H,18,21). The summed E-state index contributed by atoms with van der Waals surface area (Å²) in [5, 5.41) is 22.1. The van der Waals surface area contributed by atoms with Gasteiger partial charge in [-0.25, -0.2) is 4.39 Å². The Balaban J connectivity index is 1.94. The van der Waals surface area contributed by atoms with Crippen molar-refractivity contribution in [1.82, 2.24) is 5.32 Å². The minimum absolute atomic E-state index is 0.104. The van der Waals surface area contributed by atoms with Crippen LogP contribution in [0.3, 0.4) is 0 Å². The van der Waals surface area contributed by atoms with Gasteiger partial charge in [0.05, 0.1) is 6.10 Å². The van der Waals surface area contributed by atoms with Crippen molar-refractivity contribution in [3.05, 3.63) is 71.5 Å². The molecule has 2 unspecified atom stereocenters. The monoisotopic (exact) mass is 289 g/mol. The highest BCUT2D eigenvalue weighted by Crippen LogP contribution is 2.16. The molecule has 0 saturated heterocycles. The number of amides is 1. The fraction of sp³-hybridized carbons (Fsp3) is 0.188. The highest BCUT2D eigenvalue weighted by atomic mass is 19.1. The number of carbonyl (C=O) groups is 1. The summed E-state index contributed by atoms with van der Waals surface area (Å²) in [6.45, 7) is -0.177. The van der Waals surface area contributed by atoms with Crippen molar-refractivity contribution < 1.29 is 19.4 Å². The molecule has 0 heterocycles. The molecule has 2 rings (SSSR count). The van der Waals surface area contributed by atoms with E-state index in [1.165, 1.54) is 18.2 Å². The summed E-state index contributed by atoms with van der Waals surface area (Å²) in [6.07, 6.45) is -2.49. The minimum Gasteiger partial charge on any atom is -0.386 e. The van der Waals surface area contributed by atoms with E-state index in [0.29, 0.717) is 5.56 Å². The zero-order chi connectivity index (χ0) is 15.2. The SMILES string of the molecule is O=C(NCC(O)c1ccccc1F)C(O)c1ccccc1. The Morgan fingerprint density at radius 3 is 2.33 bits per heavy atom. The fourth-order valence-electron chi connectivity index (χ4n) is 1.94. The molecule has 0 saturated carbocycles. The third kappa shape index (κ3) is 3.87. The van der Waals surface area contributed by atoms with Crippen LogP contribution in [0.2, 0.25) is 0 Å². The summed E-state index contributed by atoms with van der Waals surface area (Å²) in [5.74, 6) is -1.18. The topological polar surface area (TPSA) is 69.6 Å². The van der Waals surface area contributed by atoms with Gasteiger partial charge in [0.2, 0.25) is 0 Å². The smallest absolute Gasteiger partial charge is 0.253 e. The molecule has 0 bridgehead atoms. The van der Waals surface area contributed by atoms with Crippen LogP contribution in [0.4, 0.5) is 4.39 Å². The molecule has 1 amide bonds. The molecule has 0 aliphatic carbocycles. The van der Waals surface area contributed by atoms with E-state index in [1.54, 1.807) is 36.4 Å². The molecule has 3 N–H and O–H groups in total. The van der Waals surface area contributed by atoms with E-state index in [0.717, 1.165) is 0 Å². The van der Waals surface area contributed by atoms with Crippen LogP contribution < -0.4 is 5.32 Å². The number of aliphatic hydroxyl groups is 2. The molecule has 0 fully saturated rings. The molecule has 0 spiro atoms. The number of carbonyl (C=O) groups excluding carboxylic acids is 1. The van der Waals surface area contributed by atoms with E-state index in [9.17, 15) is 19.4 Å². The van der Waals surface area contributed by atoms with E-state index >= 15 is 0 Å². The normalized spacial score (nSPS) is 13.5. The maximum atomic E-state index is 13.5. The average Bonchev–Trinajstić information content (AvgIpc) is 2.52. The van der Waals surface area contributed by atoms with Gasteiger partial charge in [0.15, 0.2) is 6.10 Å². The van der Waals surface area contributed by atoms with Crippen LogP contribution in [0.1, 0.15) is 23.3 Å². The molecule has 0 aliphatic rings. The van der Waals surface area contributed by atoms with Crippen molar-refractivity contribution in [3.63, 3.8) is 0 Å². The largest absolute Gasteiger partial charge is 0.386 e. The zero-order valence-corrected chi connectivity index (χ0v) is 11.2. The van der Waals surface area contributed by atoms with Crippen molar-refractivity contribution in [1.29, 1.82) is 0 Å². The van der Waals surface area contributed by atoms with Gasteiger partial charge in [-0.05, 0) is 11.6 Å². The van der Waals surface area contributed by atoms with Crippen LogP contribution in [-0.4, -0.2) is 22.7 Å². The van der Waals surface area contributed by atoms with Gasteiger partial charge in [-0.15, -0.1) is 0 Å². The lowest BCUT2D eigenvalue weighted by molar-refractivity contribution is -0.130. The van der Waals surface area contributed by atoms with Crippen molar-refractivity contribution >= 4 is 5.91 Å². The van der Waals surface area contributed by atoms with Crippen molar-refractivity contribution in [2.75, 3.05) is 6.54 Å². The van der Waals surface area contributed by atoms with Crippen LogP contribution >= 0.6 is 0 Å². The van der Waals surface area contributed by atoms with Crippen LogP contribution in [-0.2, 0) is 4.79 Å². The maximum absolute atomic E-state index is 13.5. The molecule has 110 valence electrons. The molecule has 4 nitrogen and oxygen atoms in total. The van der Waals surface area contributed by atoms with Gasteiger partial charge in [0.1, 0.15) is 5.82 Å². The van der Waals surface area contributed by atoms with E-state index in [1.807, 2.05) is 0 Å². The first-order chi connectivity index (χ1) is 10.1. The summed E-state index contributed by atoms with van der Waals surface area (Å²) in [5.41, 5.74) is 0.558. The van der Waals surface area contributed by atoms with Crippen LogP contribution in [0.25, 0.3) is 0 Å². The molecule has 2 atom stereocenters. The lowest BCUT2D eigenvalue weighted by atomic mass is 10.1. The Morgan fingerprint density at radius 1 is 1.05 bits per heavy atom. The first-order valence-corrected chi connectivity index (χ1v) is 6.53. The first kappa shape index (κ1) is 15.2. The predicted octanol–water partition coefficient (Wildman–Crippen LogP) is 1.71. The average molecular weight is 289 g/mol. The van der Waals surface area contributed by atoms with Crippen LogP contribution in [0.15, 0.2) is 54.6 Å². The predicted molar refractivity (Wildman–Crippen MR) is 75.8 cm³/mol. The van der Waals surface area contributed by atoms with Gasteiger partial charge in [-0.2, -0.15) is 0 Å². The highest BCUT2D eigenvalue weighted by Gasteiger charge is 2.19. The fourth-order valence-corrected chi connectivity index (χ4v) is 1.94. The van der Waals surface area contributed by atoms with Gasteiger partial charge in [0, 0.05) is 12.1 Å². The van der Waals surface area contributed by atoms with Gasteiger partial charge in [-0.1, -0.05) is 48.5 Å². The van der Waals surface area contributed by atoms with E-state index in [4.69, 9.17) is 0 Å². The summed E-state index contributed by atoms with van der Waals surface area (Å²) in [4.78, 5) is 11.8. The molecule has 2 aromatic rings. The number of rotatable bonds is 5. The summed E-state index contributed by atoms with van der Waals surface area (Å²) < 4.78 is 13.5. The Bertz CT molecular complexity index is 603. The third-order valence-electron chi connectivity index (χ3n) is 3.10. The first-order valence-electron chi connectivity index (χ1n) is 6.53. The Hall–Kier alpha value is -2.24. The van der Waals surface area contributed by atoms with Crippen molar-refractivity contribution in [2.45, 2.75) is 12.2 Å². The molecule has 0 radical (unpaired) electrons. The highest BCUT2D eigenvalue weighted by molar-refractivity contribution is 5.81. The summed E-state index contributed by atoms with van der Waals surface area (Å²) in [6, 6.07) is 14.2. The number of benzene rings is 2. The van der Waals surface area contributed by atoms with E-state index in [-0.39, 0.29) is 12.1 Å². The van der Waals surface area contributed by atoms with Crippen molar-refractivity contribution in [3.8, 4) is 0 Å². The number of hydrogen-bond donors (Lipinski definition) is 3. The molecule has 2 aromatic carbocycles. The van der Waals surface area contributed by atoms with Crippen LogP contribution in [0, 0.1) is 5.82 Å². The van der Waals surface area contributed by atoms with Gasteiger partial charge < -0.3 is 15.5 Å². The molecule has 0 aliphatic heterocycles. The van der Waals surface area contributed by atoms with Crippen molar-refractivity contribution in [2.24, 2.45) is 0 Å². The Kier molecular flexibility index (Phi) is 5.03. The number of hydrogen-bond acceptors (Lipinski definition) is 3. The van der Waals surface area contributed by atoms with E-state index in [2.05, 4.69) is 5.32 Å². The van der Waals surface area contributed by atoms with Crippen LogP contribution in [0.5, 0.6) is 0 Å². The van der Waals surface area contributed by atoms with E-state index < -0.39 is 23.9 Å². The molecule has 0 aromatic heterocycles. The minimum atomic E-state index is -1.32. The number of nitrogens with one attached hydrogen (secondary N) is 1. The lowest BCUT2D eigenvalue weighted by Crippen LogP contribution is -2.33. The van der Waals surface area contributed by atoms with Gasteiger partial charge in [-0.3, -0.25) is 4.79 Å². The number of aliphatic hydroxyl groups excluding tert-OH is 2.